The van der Waals surface area contributed by atoms with Crippen LogP contribution in [0.5, 0.6) is 5.75 Å². The molecule has 0 amide bonds. The van der Waals surface area contributed by atoms with E-state index >= 15 is 0 Å². The first-order valence-electron chi connectivity index (χ1n) is 8.59. The van der Waals surface area contributed by atoms with Gasteiger partial charge < -0.3 is 10.1 Å². The molecule has 3 heteroatoms. The number of piperidine rings is 1. The molecule has 0 saturated carbocycles. The maximum Gasteiger partial charge on any atom is 0.119 e. The summed E-state index contributed by atoms with van der Waals surface area (Å²) in [6.07, 6.45) is 8.15. The molecule has 2 saturated heterocycles. The summed E-state index contributed by atoms with van der Waals surface area (Å²) >= 11 is 0. The molecule has 0 aliphatic carbocycles. The molecule has 0 unspecified atom stereocenters. The monoisotopic (exact) mass is 288 g/mol. The second-order valence-corrected chi connectivity index (χ2v) is 6.40. The highest BCUT2D eigenvalue weighted by Gasteiger charge is 2.14. The predicted octanol–water partition coefficient (Wildman–Crippen LogP) is 3.19. The molecular formula is C18H28N2O. The van der Waals surface area contributed by atoms with Gasteiger partial charge in [0.15, 0.2) is 0 Å². The minimum absolute atomic E-state index is 0.391. The van der Waals surface area contributed by atoms with E-state index in [1.165, 1.54) is 44.3 Å². The normalized spacial score (nSPS) is 21.9. The number of nitrogens with one attached hydrogen (secondary N) is 1. The Hall–Kier alpha value is -1.06. The van der Waals surface area contributed by atoms with Crippen LogP contribution in [0.2, 0.25) is 0 Å². The summed E-state index contributed by atoms with van der Waals surface area (Å²) in [5, 5.41) is 3.37. The Morgan fingerprint density at radius 3 is 2.29 bits per heavy atom. The lowest BCUT2D eigenvalue weighted by Crippen LogP contribution is -2.34. The highest BCUT2D eigenvalue weighted by atomic mass is 16.5. The summed E-state index contributed by atoms with van der Waals surface area (Å²) in [7, 11) is 0. The fourth-order valence-electron chi connectivity index (χ4n) is 3.33. The number of hydrogen-bond acceptors (Lipinski definition) is 3. The highest BCUT2D eigenvalue weighted by molar-refractivity contribution is 5.27. The van der Waals surface area contributed by atoms with E-state index in [4.69, 9.17) is 4.74 Å². The number of nitrogens with zero attached hydrogens (tertiary/aromatic N) is 1. The zero-order chi connectivity index (χ0) is 14.3. The summed E-state index contributed by atoms with van der Waals surface area (Å²) in [5.74, 6) is 1.03. The van der Waals surface area contributed by atoms with E-state index in [2.05, 4.69) is 34.5 Å². The van der Waals surface area contributed by atoms with Crippen LogP contribution >= 0.6 is 0 Å². The molecule has 1 aromatic rings. The Balaban J connectivity index is 1.50. The van der Waals surface area contributed by atoms with E-state index in [1.807, 2.05) is 0 Å². The fourth-order valence-corrected chi connectivity index (χ4v) is 3.33. The van der Waals surface area contributed by atoms with Crippen LogP contribution in [0.25, 0.3) is 0 Å². The summed E-state index contributed by atoms with van der Waals surface area (Å²) in [6.45, 7) is 5.77. The first-order valence-corrected chi connectivity index (χ1v) is 8.59. The molecule has 2 aliphatic rings. The van der Waals surface area contributed by atoms with Crippen molar-refractivity contribution in [1.82, 2.24) is 10.2 Å². The second-order valence-electron chi connectivity index (χ2n) is 6.40. The molecule has 0 aromatic heterocycles. The fraction of sp³-hybridized carbons (Fsp3) is 0.667. The standard InChI is InChI=1S/C18H28N2O/c1-2-4-14-20(13-3-1)15-16-5-7-17(8-6-16)21-18-9-11-19-12-10-18/h5-8,18-19H,1-4,9-15H2. The minimum Gasteiger partial charge on any atom is -0.490 e. The van der Waals surface area contributed by atoms with Gasteiger partial charge in [-0.3, -0.25) is 4.90 Å². The van der Waals surface area contributed by atoms with Crippen molar-refractivity contribution in [2.24, 2.45) is 0 Å². The van der Waals surface area contributed by atoms with Crippen LogP contribution in [0.3, 0.4) is 0 Å². The van der Waals surface area contributed by atoms with E-state index in [1.54, 1.807) is 0 Å². The minimum atomic E-state index is 0.391. The molecule has 1 N–H and O–H groups in total. The van der Waals surface area contributed by atoms with Gasteiger partial charge in [-0.2, -0.15) is 0 Å². The van der Waals surface area contributed by atoms with Crippen molar-refractivity contribution < 1.29 is 4.74 Å². The molecule has 3 nitrogen and oxygen atoms in total. The van der Waals surface area contributed by atoms with Crippen molar-refractivity contribution in [1.29, 1.82) is 0 Å². The van der Waals surface area contributed by atoms with Crippen molar-refractivity contribution in [3.05, 3.63) is 29.8 Å². The van der Waals surface area contributed by atoms with Crippen molar-refractivity contribution in [3.8, 4) is 5.75 Å². The van der Waals surface area contributed by atoms with Crippen LogP contribution in [0, 0.1) is 0 Å². The molecule has 0 radical (unpaired) electrons. The van der Waals surface area contributed by atoms with Crippen molar-refractivity contribution in [2.75, 3.05) is 26.2 Å². The first kappa shape index (κ1) is 14.9. The molecule has 2 heterocycles. The van der Waals surface area contributed by atoms with Gasteiger partial charge in [-0.25, -0.2) is 0 Å². The van der Waals surface area contributed by atoms with Gasteiger partial charge in [0.1, 0.15) is 11.9 Å². The molecule has 0 bridgehead atoms. The molecule has 0 atom stereocenters. The Labute approximate surface area is 128 Å². The van der Waals surface area contributed by atoms with E-state index in [0.29, 0.717) is 6.10 Å². The zero-order valence-corrected chi connectivity index (χ0v) is 13.0. The number of hydrogen-bond donors (Lipinski definition) is 1. The zero-order valence-electron chi connectivity index (χ0n) is 13.0. The molecule has 116 valence electrons. The Morgan fingerprint density at radius 1 is 0.952 bits per heavy atom. The van der Waals surface area contributed by atoms with Gasteiger partial charge in [-0.1, -0.05) is 25.0 Å². The van der Waals surface area contributed by atoms with Crippen molar-refractivity contribution >= 4 is 0 Å². The van der Waals surface area contributed by atoms with Gasteiger partial charge in [0.25, 0.3) is 0 Å². The SMILES string of the molecule is c1cc(OC2CCNCC2)ccc1CN1CCCCCC1. The maximum atomic E-state index is 6.07. The highest BCUT2D eigenvalue weighted by Crippen LogP contribution is 2.19. The number of ether oxygens (including phenoxy) is 1. The van der Waals surface area contributed by atoms with E-state index < -0.39 is 0 Å². The summed E-state index contributed by atoms with van der Waals surface area (Å²) in [5.41, 5.74) is 1.41. The molecule has 3 rings (SSSR count). The topological polar surface area (TPSA) is 24.5 Å². The number of rotatable bonds is 4. The third kappa shape index (κ3) is 4.72. The van der Waals surface area contributed by atoms with Crippen LogP contribution in [0.4, 0.5) is 0 Å². The largest absolute Gasteiger partial charge is 0.490 e. The van der Waals surface area contributed by atoms with Gasteiger partial charge in [-0.15, -0.1) is 0 Å². The average Bonchev–Trinajstić information content (AvgIpc) is 2.79. The number of benzene rings is 1. The van der Waals surface area contributed by atoms with Gasteiger partial charge in [0.2, 0.25) is 0 Å². The Kier molecular flexibility index (Phi) is 5.53. The third-order valence-electron chi connectivity index (χ3n) is 4.62. The van der Waals surface area contributed by atoms with Gasteiger partial charge in [-0.05, 0) is 69.6 Å². The molecular weight excluding hydrogens is 260 g/mol. The summed E-state index contributed by atoms with van der Waals surface area (Å²) < 4.78 is 6.07. The smallest absolute Gasteiger partial charge is 0.119 e. The molecule has 21 heavy (non-hydrogen) atoms. The van der Waals surface area contributed by atoms with E-state index in [-0.39, 0.29) is 0 Å². The van der Waals surface area contributed by atoms with Crippen LogP contribution < -0.4 is 10.1 Å². The first-order chi connectivity index (χ1) is 10.4. The number of likely N-dealkylation sites (tertiary alicyclic amines) is 1. The predicted molar refractivity (Wildman–Crippen MR) is 86.7 cm³/mol. The van der Waals surface area contributed by atoms with E-state index in [0.717, 1.165) is 38.2 Å². The summed E-state index contributed by atoms with van der Waals surface area (Å²) in [6, 6.07) is 8.77. The lowest BCUT2D eigenvalue weighted by atomic mass is 10.1. The van der Waals surface area contributed by atoms with Crippen molar-refractivity contribution in [2.45, 2.75) is 51.2 Å². The van der Waals surface area contributed by atoms with Crippen LogP contribution in [0.15, 0.2) is 24.3 Å². The lowest BCUT2D eigenvalue weighted by molar-refractivity contribution is 0.162. The van der Waals surface area contributed by atoms with Crippen LogP contribution in [-0.4, -0.2) is 37.2 Å². The third-order valence-corrected chi connectivity index (χ3v) is 4.62. The quantitative estimate of drug-likeness (QED) is 0.921. The summed E-state index contributed by atoms with van der Waals surface area (Å²) in [4.78, 5) is 2.59. The van der Waals surface area contributed by atoms with Gasteiger partial charge in [0, 0.05) is 6.54 Å². The van der Waals surface area contributed by atoms with Crippen LogP contribution in [-0.2, 0) is 6.54 Å². The second kappa shape index (κ2) is 7.81. The Bertz CT molecular complexity index is 404. The molecule has 1 aromatic carbocycles. The lowest BCUT2D eigenvalue weighted by Gasteiger charge is -2.24. The van der Waals surface area contributed by atoms with E-state index in [9.17, 15) is 0 Å². The van der Waals surface area contributed by atoms with Gasteiger partial charge >= 0.3 is 0 Å². The van der Waals surface area contributed by atoms with Crippen LogP contribution in [0.1, 0.15) is 44.1 Å². The van der Waals surface area contributed by atoms with Crippen molar-refractivity contribution in [3.63, 3.8) is 0 Å². The molecule has 0 spiro atoms. The Morgan fingerprint density at radius 2 is 1.62 bits per heavy atom. The van der Waals surface area contributed by atoms with Gasteiger partial charge in [0.05, 0.1) is 0 Å². The maximum absolute atomic E-state index is 6.07. The average molecular weight is 288 g/mol. The molecule has 2 aliphatic heterocycles. The molecule has 2 fully saturated rings.